The normalized spacial score (nSPS) is 13.6. The molecule has 0 amide bonds. The van der Waals surface area contributed by atoms with Crippen LogP contribution in [-0.4, -0.2) is 65.7 Å². The summed E-state index contributed by atoms with van der Waals surface area (Å²) >= 11 is 0. The number of rotatable bonds is 52. The van der Waals surface area contributed by atoms with Crippen molar-refractivity contribution in [2.24, 2.45) is 0 Å². The zero-order valence-corrected chi connectivity index (χ0v) is 42.7. The van der Waals surface area contributed by atoms with Gasteiger partial charge in [0, 0.05) is 12.8 Å². The fraction of sp³-hybridized carbons (Fsp3) is 0.925. The summed E-state index contributed by atoms with van der Waals surface area (Å²) < 4.78 is 32.9. The zero-order valence-electron chi connectivity index (χ0n) is 41.8. The summed E-state index contributed by atoms with van der Waals surface area (Å²) in [5.74, 6) is -0.906. The van der Waals surface area contributed by atoms with Gasteiger partial charge in [-0.2, -0.15) is 0 Å². The number of hydrogen-bond acceptors (Lipinski definition) is 9. The topological polar surface area (TPSA) is 149 Å². The second-order valence-electron chi connectivity index (χ2n) is 18.6. The van der Waals surface area contributed by atoms with E-state index in [0.29, 0.717) is 12.8 Å². The van der Waals surface area contributed by atoms with Crippen LogP contribution in [0.5, 0.6) is 0 Å². The van der Waals surface area contributed by atoms with Gasteiger partial charge in [-0.25, -0.2) is 4.57 Å². The third kappa shape index (κ3) is 48.6. The van der Waals surface area contributed by atoms with Crippen LogP contribution in [0.4, 0.5) is 0 Å². The van der Waals surface area contributed by atoms with Crippen LogP contribution in [0, 0.1) is 0 Å². The molecule has 1 unspecified atom stereocenters. The van der Waals surface area contributed by atoms with Gasteiger partial charge in [-0.05, 0) is 38.5 Å². The van der Waals surface area contributed by atoms with Gasteiger partial charge in [0.1, 0.15) is 12.7 Å². The van der Waals surface area contributed by atoms with E-state index >= 15 is 0 Å². The van der Waals surface area contributed by atoms with Crippen LogP contribution < -0.4 is 0 Å². The number of allylic oxidation sites excluding steroid dienone is 2. The molecule has 0 spiro atoms. The largest absolute Gasteiger partial charge is 0.472 e. The van der Waals surface area contributed by atoms with E-state index in [-0.39, 0.29) is 19.4 Å². The molecule has 0 rings (SSSR count). The summed E-state index contributed by atoms with van der Waals surface area (Å²) in [4.78, 5) is 35.2. The number of esters is 2. The lowest BCUT2D eigenvalue weighted by Gasteiger charge is -2.20. The Morgan fingerprint density at radius 3 is 1.12 bits per heavy atom. The zero-order chi connectivity index (χ0) is 46.9. The molecule has 0 heterocycles. The Morgan fingerprint density at radius 2 is 0.766 bits per heavy atom. The molecule has 10 nitrogen and oxygen atoms in total. The Hall–Kier alpha value is -1.29. The smallest absolute Gasteiger partial charge is 0.462 e. The minimum Gasteiger partial charge on any atom is -0.462 e. The van der Waals surface area contributed by atoms with Crippen LogP contribution in [0.2, 0.25) is 0 Å². The molecule has 0 aromatic heterocycles. The third-order valence-corrected chi connectivity index (χ3v) is 13.1. The number of aliphatic hydroxyl groups is 2. The Bertz CT molecular complexity index is 1070. The number of phosphoric acid groups is 1. The van der Waals surface area contributed by atoms with Crippen LogP contribution >= 0.6 is 7.82 Å². The van der Waals surface area contributed by atoms with Crippen molar-refractivity contribution in [3.63, 3.8) is 0 Å². The number of ether oxygens (including phenoxy) is 2. The maximum atomic E-state index is 12.7. The van der Waals surface area contributed by atoms with Crippen LogP contribution in [0.25, 0.3) is 0 Å². The van der Waals surface area contributed by atoms with Crippen molar-refractivity contribution in [2.75, 3.05) is 26.4 Å². The average Bonchev–Trinajstić information content (AvgIpc) is 3.28. The van der Waals surface area contributed by atoms with Gasteiger partial charge in [0.2, 0.25) is 0 Å². The van der Waals surface area contributed by atoms with Gasteiger partial charge in [0.25, 0.3) is 0 Å². The Kier molecular flexibility index (Phi) is 48.6. The number of aliphatic hydroxyl groups excluding tert-OH is 2. The minimum absolute atomic E-state index is 0.189. The summed E-state index contributed by atoms with van der Waals surface area (Å²) in [5, 5.41) is 18.4. The van der Waals surface area contributed by atoms with Gasteiger partial charge in [0.05, 0.1) is 19.8 Å². The lowest BCUT2D eigenvalue weighted by atomic mass is 10.0. The van der Waals surface area contributed by atoms with Gasteiger partial charge in [-0.15, -0.1) is 0 Å². The Balaban J connectivity index is 4.11. The predicted octanol–water partition coefficient (Wildman–Crippen LogP) is 15.5. The van der Waals surface area contributed by atoms with E-state index in [1.807, 2.05) is 0 Å². The number of carbonyl (C=O) groups excluding carboxylic acids is 2. The summed E-state index contributed by atoms with van der Waals surface area (Å²) in [6, 6.07) is 0. The molecule has 0 aliphatic heterocycles. The second kappa shape index (κ2) is 49.6. The van der Waals surface area contributed by atoms with Crippen molar-refractivity contribution in [1.29, 1.82) is 0 Å². The molecule has 0 radical (unpaired) electrons. The average molecular weight is 931 g/mol. The fourth-order valence-corrected chi connectivity index (χ4v) is 8.78. The Labute approximate surface area is 394 Å². The molecular weight excluding hydrogens is 828 g/mol. The highest BCUT2D eigenvalue weighted by Crippen LogP contribution is 2.43. The van der Waals surface area contributed by atoms with E-state index in [4.69, 9.17) is 23.6 Å². The van der Waals surface area contributed by atoms with Crippen molar-refractivity contribution < 1.29 is 47.8 Å². The first-order valence-corrected chi connectivity index (χ1v) is 28.6. The molecule has 64 heavy (non-hydrogen) atoms. The molecule has 0 bridgehead atoms. The monoisotopic (exact) mass is 931 g/mol. The van der Waals surface area contributed by atoms with Crippen molar-refractivity contribution in [2.45, 2.75) is 289 Å². The number of carbonyl (C=O) groups is 2. The van der Waals surface area contributed by atoms with Gasteiger partial charge in [-0.3, -0.25) is 18.6 Å². The molecule has 0 aliphatic rings. The molecule has 0 fully saturated rings. The summed E-state index contributed by atoms with van der Waals surface area (Å²) in [5.41, 5.74) is 0. The lowest BCUT2D eigenvalue weighted by molar-refractivity contribution is -0.161. The van der Waals surface area contributed by atoms with Crippen molar-refractivity contribution in [3.8, 4) is 0 Å². The van der Waals surface area contributed by atoms with Crippen molar-refractivity contribution in [3.05, 3.63) is 12.2 Å². The Morgan fingerprint density at radius 1 is 0.453 bits per heavy atom. The van der Waals surface area contributed by atoms with E-state index in [1.54, 1.807) is 0 Å². The highest BCUT2D eigenvalue weighted by atomic mass is 31.2. The summed E-state index contributed by atoms with van der Waals surface area (Å²) in [7, 11) is -4.62. The predicted molar refractivity (Wildman–Crippen MR) is 265 cm³/mol. The van der Waals surface area contributed by atoms with E-state index in [1.165, 1.54) is 205 Å². The first kappa shape index (κ1) is 62.7. The SMILES string of the molecule is CCCCCCCC/C=C/CCCCCCCCCCCCCC(=O)O[C@H](COC(=O)CCCCCCCCCCCCCCCCCCCCCC)COP(=O)(O)OC[C@@H](O)CO. The minimum atomic E-state index is -4.62. The molecular formula is C53H103O10P. The van der Waals surface area contributed by atoms with Gasteiger partial charge < -0.3 is 24.6 Å². The first-order chi connectivity index (χ1) is 31.2. The molecule has 3 atom stereocenters. The van der Waals surface area contributed by atoms with E-state index in [9.17, 15) is 24.2 Å². The van der Waals surface area contributed by atoms with Crippen LogP contribution in [0.15, 0.2) is 12.2 Å². The molecule has 0 aromatic rings. The fourth-order valence-electron chi connectivity index (χ4n) is 7.99. The number of unbranched alkanes of at least 4 members (excludes halogenated alkanes) is 36. The van der Waals surface area contributed by atoms with Crippen LogP contribution in [0.3, 0.4) is 0 Å². The molecule has 0 aromatic carbocycles. The lowest BCUT2D eigenvalue weighted by Crippen LogP contribution is -2.29. The number of hydrogen-bond donors (Lipinski definition) is 3. The third-order valence-electron chi connectivity index (χ3n) is 12.2. The first-order valence-electron chi connectivity index (χ1n) is 27.1. The molecule has 3 N–H and O–H groups in total. The maximum absolute atomic E-state index is 12.7. The van der Waals surface area contributed by atoms with E-state index < -0.39 is 51.8 Å². The summed E-state index contributed by atoms with van der Waals surface area (Å²) in [6.07, 6.45) is 51.8. The number of phosphoric ester groups is 1. The quantitative estimate of drug-likeness (QED) is 0.0233. The standard InChI is InChI=1S/C53H103O10P/c1-3-5-7-9-11-13-15-17-19-21-23-25-27-29-31-33-35-37-39-41-43-45-53(57)63-51(49-62-64(58,59)61-47-50(55)46-54)48-60-52(56)44-42-40-38-36-34-32-30-28-26-24-22-20-18-16-14-12-10-8-6-4-2/h17,19,50-51,54-55H,3-16,18,20-49H2,1-2H3,(H,58,59)/b19-17+/t50-,51+/m0/s1. The molecule has 0 aliphatic carbocycles. The molecule has 0 saturated heterocycles. The molecule has 0 saturated carbocycles. The highest BCUT2D eigenvalue weighted by molar-refractivity contribution is 7.47. The maximum Gasteiger partial charge on any atom is 0.472 e. The molecule has 11 heteroatoms. The van der Waals surface area contributed by atoms with Gasteiger partial charge in [-0.1, -0.05) is 238 Å². The summed E-state index contributed by atoms with van der Waals surface area (Å²) in [6.45, 7) is 2.45. The van der Waals surface area contributed by atoms with Crippen LogP contribution in [0.1, 0.15) is 277 Å². The second-order valence-corrected chi connectivity index (χ2v) is 20.1. The van der Waals surface area contributed by atoms with Crippen molar-refractivity contribution >= 4 is 19.8 Å². The van der Waals surface area contributed by atoms with E-state index in [0.717, 1.165) is 32.1 Å². The van der Waals surface area contributed by atoms with Crippen molar-refractivity contribution in [1.82, 2.24) is 0 Å². The van der Waals surface area contributed by atoms with E-state index in [2.05, 4.69) is 26.0 Å². The van der Waals surface area contributed by atoms with Gasteiger partial charge in [0.15, 0.2) is 6.10 Å². The molecule has 380 valence electrons. The van der Waals surface area contributed by atoms with Crippen LogP contribution in [-0.2, 0) is 32.7 Å². The van der Waals surface area contributed by atoms with Gasteiger partial charge >= 0.3 is 19.8 Å². The highest BCUT2D eigenvalue weighted by Gasteiger charge is 2.27.